The minimum absolute atomic E-state index is 0.267. The van der Waals surface area contributed by atoms with Crippen LogP contribution in [0.25, 0.3) is 0 Å². The van der Waals surface area contributed by atoms with E-state index in [1.165, 1.54) is 12.2 Å². The summed E-state index contributed by atoms with van der Waals surface area (Å²) >= 11 is 0. The van der Waals surface area contributed by atoms with Crippen LogP contribution in [0.4, 0.5) is 0 Å². The van der Waals surface area contributed by atoms with Crippen molar-refractivity contribution in [2.75, 3.05) is 6.54 Å². The van der Waals surface area contributed by atoms with Gasteiger partial charge in [0.2, 0.25) is 5.91 Å². The van der Waals surface area contributed by atoms with E-state index in [0.29, 0.717) is 0 Å². The van der Waals surface area contributed by atoms with Crippen LogP contribution < -0.4 is 5.31 Å². The van der Waals surface area contributed by atoms with Crippen molar-refractivity contribution in [1.29, 1.82) is 0 Å². The Balaban J connectivity index is 3.81. The Hall–Kier alpha value is -1.05. The summed E-state index contributed by atoms with van der Waals surface area (Å²) in [5.41, 5.74) is 0. The standard InChI is InChI=1S/C7H11NO/c1-3-5-7(9)8-6-4-2/h3-5H,2,6H2,1H3,(H,8,9)/b5-3+/i/hD. The third-order valence-electron chi connectivity index (χ3n) is 0.685. The lowest BCUT2D eigenvalue weighted by Crippen LogP contribution is -2.20. The molecular weight excluding hydrogens is 114 g/mol. The lowest BCUT2D eigenvalue weighted by molar-refractivity contribution is -0.116. The number of carbonyl (C=O) groups excluding carboxylic acids is 1. The molecule has 0 saturated carbocycles. The van der Waals surface area contributed by atoms with E-state index < -0.39 is 0 Å². The highest BCUT2D eigenvalue weighted by Gasteiger charge is 1.86. The molecule has 0 bridgehead atoms. The van der Waals surface area contributed by atoms with E-state index in [4.69, 9.17) is 1.41 Å². The smallest absolute Gasteiger partial charge is 0.243 e. The predicted octanol–water partition coefficient (Wildman–Crippen LogP) is 0.865. The van der Waals surface area contributed by atoms with E-state index in [1.807, 2.05) is 0 Å². The summed E-state index contributed by atoms with van der Waals surface area (Å²) in [7, 11) is 0. The van der Waals surface area contributed by atoms with Crippen LogP contribution in [0.5, 0.6) is 0 Å². The average molecular weight is 126 g/mol. The van der Waals surface area contributed by atoms with Gasteiger partial charge in [-0.15, -0.1) is 6.58 Å². The Morgan fingerprint density at radius 2 is 2.67 bits per heavy atom. The minimum Gasteiger partial charge on any atom is -0.349 e. The molecule has 0 heterocycles. The molecule has 0 aliphatic heterocycles. The molecule has 0 rings (SSSR count). The van der Waals surface area contributed by atoms with Crippen molar-refractivity contribution in [2.45, 2.75) is 6.92 Å². The fourth-order valence-electron chi connectivity index (χ4n) is 0.350. The van der Waals surface area contributed by atoms with E-state index in [2.05, 4.69) is 6.58 Å². The Morgan fingerprint density at radius 1 is 2.00 bits per heavy atom. The fraction of sp³-hybridized carbons (Fsp3) is 0.286. The average Bonchev–Trinajstić information content (AvgIpc) is 1.89. The van der Waals surface area contributed by atoms with E-state index in [-0.39, 0.29) is 12.5 Å². The molecular formula is C7H11NO. The molecule has 0 fully saturated rings. The first-order chi connectivity index (χ1) is 4.72. The summed E-state index contributed by atoms with van der Waals surface area (Å²) < 4.78 is 7.04. The van der Waals surface area contributed by atoms with Crippen LogP contribution in [0.1, 0.15) is 6.92 Å². The van der Waals surface area contributed by atoms with Crippen LogP contribution in [0.2, 0.25) is 1.41 Å². The molecule has 50 valence electrons. The van der Waals surface area contributed by atoms with Gasteiger partial charge >= 0.3 is 0 Å². The van der Waals surface area contributed by atoms with Gasteiger partial charge in [0, 0.05) is 6.54 Å². The Bertz CT molecular complexity index is 154. The predicted molar refractivity (Wildman–Crippen MR) is 38.0 cm³/mol. The van der Waals surface area contributed by atoms with Crippen LogP contribution in [0.3, 0.4) is 0 Å². The lowest BCUT2D eigenvalue weighted by atomic mass is 10.5. The number of nitrogens with one attached hydrogen (secondary N) is 1. The normalized spacial score (nSPS) is 11.0. The molecule has 0 spiro atoms. The molecule has 0 aromatic rings. The van der Waals surface area contributed by atoms with Crippen LogP contribution in [-0.2, 0) is 4.79 Å². The number of rotatable bonds is 3. The maximum atomic E-state index is 10.7. The Kier molecular flexibility index (Phi) is 3.44. The van der Waals surface area contributed by atoms with E-state index >= 15 is 0 Å². The van der Waals surface area contributed by atoms with Gasteiger partial charge in [0.1, 0.15) is 0 Å². The zero-order valence-electron chi connectivity index (χ0n) is 6.50. The van der Waals surface area contributed by atoms with Crippen LogP contribution in [0, 0.1) is 0 Å². The second-order valence-corrected chi connectivity index (χ2v) is 1.47. The van der Waals surface area contributed by atoms with Crippen molar-refractivity contribution in [3.8, 4) is 0 Å². The molecule has 0 aromatic carbocycles. The second kappa shape index (κ2) is 5.09. The molecule has 0 saturated heterocycles. The van der Waals surface area contributed by atoms with Crippen molar-refractivity contribution < 1.29 is 6.21 Å². The molecule has 2 heteroatoms. The van der Waals surface area contributed by atoms with Crippen molar-refractivity contribution in [3.63, 3.8) is 0 Å². The van der Waals surface area contributed by atoms with Crippen molar-refractivity contribution in [1.82, 2.24) is 5.31 Å². The van der Waals surface area contributed by atoms with Gasteiger partial charge in [0.25, 0.3) is 0 Å². The fourth-order valence-corrected chi connectivity index (χ4v) is 0.350. The molecule has 0 atom stereocenters. The highest BCUT2D eigenvalue weighted by molar-refractivity contribution is 5.87. The second-order valence-electron chi connectivity index (χ2n) is 1.47. The van der Waals surface area contributed by atoms with Gasteiger partial charge in [-0.3, -0.25) is 4.79 Å². The van der Waals surface area contributed by atoms with Crippen LogP contribution in [0.15, 0.2) is 24.8 Å². The topological polar surface area (TPSA) is 29.1 Å². The van der Waals surface area contributed by atoms with Gasteiger partial charge in [-0.25, -0.2) is 0 Å². The number of amides is 1. The molecule has 9 heavy (non-hydrogen) atoms. The summed E-state index contributed by atoms with van der Waals surface area (Å²) in [6.07, 6.45) is 4.46. The largest absolute Gasteiger partial charge is 0.349 e. The number of carbonyl (C=O) groups is 1. The molecule has 0 aliphatic rings. The summed E-state index contributed by atoms with van der Waals surface area (Å²) in [5, 5.41) is 0.840. The van der Waals surface area contributed by atoms with Gasteiger partial charge in [-0.1, -0.05) is 12.2 Å². The van der Waals surface area contributed by atoms with Gasteiger partial charge in [0.05, 0.1) is 0 Å². The Morgan fingerprint density at radius 3 is 3.11 bits per heavy atom. The minimum atomic E-state index is -0.317. The quantitative estimate of drug-likeness (QED) is 0.441. The lowest BCUT2D eigenvalue weighted by Gasteiger charge is -1.92. The first kappa shape index (κ1) is 6.08. The van der Waals surface area contributed by atoms with E-state index in [1.54, 1.807) is 13.0 Å². The summed E-state index contributed by atoms with van der Waals surface area (Å²) in [5.74, 6) is -0.317. The third-order valence-corrected chi connectivity index (χ3v) is 0.685. The van der Waals surface area contributed by atoms with Gasteiger partial charge in [-0.2, -0.15) is 0 Å². The molecule has 0 unspecified atom stereocenters. The van der Waals surface area contributed by atoms with E-state index in [0.717, 1.165) is 5.31 Å². The third kappa shape index (κ3) is 4.81. The zero-order valence-corrected chi connectivity index (χ0v) is 5.50. The maximum Gasteiger partial charge on any atom is 0.243 e. The molecule has 0 aromatic heterocycles. The molecule has 0 aliphatic carbocycles. The first-order valence-electron chi connectivity index (χ1n) is 3.21. The summed E-state index contributed by atoms with van der Waals surface area (Å²) in [6.45, 7) is 5.41. The first-order valence-corrected chi connectivity index (χ1v) is 2.76. The van der Waals surface area contributed by atoms with Crippen LogP contribution >= 0.6 is 0 Å². The van der Waals surface area contributed by atoms with E-state index in [9.17, 15) is 4.79 Å². The monoisotopic (exact) mass is 126 g/mol. The highest BCUT2D eigenvalue weighted by Crippen LogP contribution is 1.70. The Labute approximate surface area is 56.7 Å². The number of hydrogen-bond acceptors (Lipinski definition) is 1. The number of allylic oxidation sites excluding steroid dienone is 1. The van der Waals surface area contributed by atoms with Gasteiger partial charge in [0.15, 0.2) is 1.41 Å². The molecule has 1 amide bonds. The zero-order chi connectivity index (χ0) is 7.98. The molecule has 0 radical (unpaired) electrons. The number of hydrogen-bond donors (Lipinski definition) is 1. The van der Waals surface area contributed by atoms with Crippen LogP contribution in [-0.4, -0.2) is 12.5 Å². The van der Waals surface area contributed by atoms with Gasteiger partial charge < -0.3 is 5.31 Å². The van der Waals surface area contributed by atoms with Crippen molar-refractivity contribution >= 4 is 5.91 Å². The summed E-state index contributed by atoms with van der Waals surface area (Å²) in [6, 6.07) is 0. The molecule has 2 nitrogen and oxygen atoms in total. The van der Waals surface area contributed by atoms with Crippen molar-refractivity contribution in [3.05, 3.63) is 24.8 Å². The maximum absolute atomic E-state index is 10.7. The molecule has 1 N–H and O–H groups in total. The highest BCUT2D eigenvalue weighted by atomic mass is 16.1. The summed E-state index contributed by atoms with van der Waals surface area (Å²) in [4.78, 5) is 10.7. The van der Waals surface area contributed by atoms with Gasteiger partial charge in [-0.05, 0) is 13.0 Å². The van der Waals surface area contributed by atoms with Crippen molar-refractivity contribution in [2.24, 2.45) is 0 Å². The SMILES string of the molecule is [2H]N(CC=C)C(=O)/C=C/C.